The minimum atomic E-state index is -1.06. The number of rotatable bonds is 15. The topological polar surface area (TPSA) is 112 Å². The standard InChI is InChI=1S/C29H30FNO7S2/c1-16(32)6-4-7-17-12-20-25(39-17)14-22(36-2)19(31-20)8-5-11-38-29-23(37-3)15-24-18(28(29)30)13-26(40-24)21(33)9-10-27(34)35/h12-15H,4-11H2,1-3H3,(H,34,35). The average molecular weight is 588 g/mol. The number of aryl methyl sites for hydroxylation is 2. The second-order valence-corrected chi connectivity index (χ2v) is 11.6. The summed E-state index contributed by atoms with van der Waals surface area (Å²) in [5, 5.41) is 9.06. The van der Waals surface area contributed by atoms with Gasteiger partial charge in [-0.2, -0.15) is 0 Å². The number of thiophene rings is 2. The summed E-state index contributed by atoms with van der Waals surface area (Å²) in [7, 11) is 3.01. The Morgan fingerprint density at radius 3 is 2.38 bits per heavy atom. The van der Waals surface area contributed by atoms with Gasteiger partial charge in [-0.3, -0.25) is 9.59 Å². The van der Waals surface area contributed by atoms with E-state index in [0.29, 0.717) is 34.6 Å². The van der Waals surface area contributed by atoms with E-state index in [4.69, 9.17) is 24.3 Å². The highest BCUT2D eigenvalue weighted by atomic mass is 32.1. The summed E-state index contributed by atoms with van der Waals surface area (Å²) >= 11 is 2.74. The molecule has 0 radical (unpaired) electrons. The Morgan fingerprint density at radius 2 is 1.68 bits per heavy atom. The van der Waals surface area contributed by atoms with E-state index in [0.717, 1.165) is 40.1 Å². The van der Waals surface area contributed by atoms with E-state index in [9.17, 15) is 14.4 Å². The summed E-state index contributed by atoms with van der Waals surface area (Å²) in [5.74, 6) is -1.01. The van der Waals surface area contributed by atoms with Gasteiger partial charge in [-0.25, -0.2) is 9.37 Å². The summed E-state index contributed by atoms with van der Waals surface area (Å²) in [6, 6.07) is 7.08. The first-order valence-corrected chi connectivity index (χ1v) is 14.5. The summed E-state index contributed by atoms with van der Waals surface area (Å²) in [4.78, 5) is 40.6. The number of benzene rings is 1. The number of Topliss-reactive ketones (excluding diaryl/α,β-unsaturated/α-hetero) is 2. The van der Waals surface area contributed by atoms with Gasteiger partial charge in [0.2, 0.25) is 0 Å². The van der Waals surface area contributed by atoms with Crippen LogP contribution in [-0.4, -0.2) is 48.5 Å². The van der Waals surface area contributed by atoms with Crippen LogP contribution < -0.4 is 14.2 Å². The Morgan fingerprint density at radius 1 is 0.925 bits per heavy atom. The number of nitrogens with zero attached hydrogens (tertiary/aromatic N) is 1. The molecular formula is C29H30FNO7S2. The van der Waals surface area contributed by atoms with Crippen molar-refractivity contribution in [3.63, 3.8) is 0 Å². The highest BCUT2D eigenvalue weighted by Crippen LogP contribution is 2.40. The van der Waals surface area contributed by atoms with Crippen LogP contribution in [0.4, 0.5) is 4.39 Å². The smallest absolute Gasteiger partial charge is 0.303 e. The molecule has 3 heterocycles. The SMILES string of the molecule is COc1cc2sc(CCCC(C)=O)cc2nc1CCCOc1c(OC)cc2sc(C(=O)CCC(=O)O)cc2c1F. The Kier molecular flexibility index (Phi) is 9.70. The van der Waals surface area contributed by atoms with Crippen molar-refractivity contribution >= 4 is 60.5 Å². The van der Waals surface area contributed by atoms with Crippen molar-refractivity contribution in [2.75, 3.05) is 20.8 Å². The van der Waals surface area contributed by atoms with Crippen molar-refractivity contribution in [3.05, 3.63) is 45.5 Å². The zero-order valence-electron chi connectivity index (χ0n) is 22.5. The lowest BCUT2D eigenvalue weighted by atomic mass is 10.1. The zero-order chi connectivity index (χ0) is 28.8. The lowest BCUT2D eigenvalue weighted by Gasteiger charge is -2.13. The van der Waals surface area contributed by atoms with Gasteiger partial charge in [-0.1, -0.05) is 0 Å². The number of carbonyl (C=O) groups is 3. The number of fused-ring (bicyclic) bond motifs is 2. The number of pyridine rings is 1. The molecule has 0 amide bonds. The van der Waals surface area contributed by atoms with E-state index in [2.05, 4.69) is 6.07 Å². The van der Waals surface area contributed by atoms with Gasteiger partial charge in [-0.05, 0) is 44.7 Å². The van der Waals surface area contributed by atoms with Gasteiger partial charge in [0.1, 0.15) is 11.5 Å². The molecule has 0 saturated carbocycles. The first-order chi connectivity index (χ1) is 19.2. The lowest BCUT2D eigenvalue weighted by Crippen LogP contribution is -2.04. The molecule has 3 aromatic heterocycles. The molecule has 0 atom stereocenters. The first kappa shape index (κ1) is 29.4. The molecule has 4 rings (SSSR count). The molecule has 0 aliphatic carbocycles. The summed E-state index contributed by atoms with van der Waals surface area (Å²) in [5.41, 5.74) is 1.65. The fourth-order valence-corrected chi connectivity index (χ4v) is 6.44. The second kappa shape index (κ2) is 13.2. The molecule has 0 fully saturated rings. The Hall–Kier alpha value is -3.57. The van der Waals surface area contributed by atoms with E-state index in [1.165, 1.54) is 18.1 Å². The van der Waals surface area contributed by atoms with Crippen LogP contribution in [-0.2, 0) is 22.4 Å². The lowest BCUT2D eigenvalue weighted by molar-refractivity contribution is -0.137. The molecule has 8 nitrogen and oxygen atoms in total. The number of carboxylic acids is 1. The van der Waals surface area contributed by atoms with Crippen molar-refractivity contribution in [1.29, 1.82) is 0 Å². The minimum Gasteiger partial charge on any atom is -0.495 e. The van der Waals surface area contributed by atoms with Crippen LogP contribution in [0.2, 0.25) is 0 Å². The van der Waals surface area contributed by atoms with Gasteiger partial charge >= 0.3 is 5.97 Å². The third-order valence-electron chi connectivity index (χ3n) is 6.31. The number of methoxy groups -OCH3 is 2. The molecule has 0 bridgehead atoms. The number of halogens is 1. The van der Waals surface area contributed by atoms with Gasteiger partial charge in [0.25, 0.3) is 0 Å². The average Bonchev–Trinajstić information content (AvgIpc) is 3.53. The Bertz CT molecular complexity index is 1560. The molecule has 1 aromatic carbocycles. The van der Waals surface area contributed by atoms with Crippen molar-refractivity contribution in [2.24, 2.45) is 0 Å². The van der Waals surface area contributed by atoms with Gasteiger partial charge in [0.05, 0.1) is 48.0 Å². The van der Waals surface area contributed by atoms with E-state index in [1.54, 1.807) is 31.4 Å². The summed E-state index contributed by atoms with van der Waals surface area (Å²) in [6.45, 7) is 1.79. The van der Waals surface area contributed by atoms with Crippen LogP contribution in [0.15, 0.2) is 24.3 Å². The van der Waals surface area contributed by atoms with Gasteiger partial charge < -0.3 is 24.1 Å². The Labute approximate surface area is 238 Å². The third-order valence-corrected chi connectivity index (χ3v) is 8.57. The maximum absolute atomic E-state index is 15.4. The van der Waals surface area contributed by atoms with E-state index in [1.807, 2.05) is 6.07 Å². The predicted octanol–water partition coefficient (Wildman–Crippen LogP) is 6.64. The van der Waals surface area contributed by atoms with Gasteiger partial charge in [-0.15, -0.1) is 22.7 Å². The first-order valence-electron chi connectivity index (χ1n) is 12.8. The molecule has 4 aromatic rings. The van der Waals surface area contributed by atoms with Crippen molar-refractivity contribution < 1.29 is 38.1 Å². The van der Waals surface area contributed by atoms with Crippen LogP contribution in [0.25, 0.3) is 20.3 Å². The number of aromatic nitrogens is 1. The number of carbonyl (C=O) groups excluding carboxylic acids is 2. The predicted molar refractivity (Wildman–Crippen MR) is 153 cm³/mol. The number of hydrogen-bond acceptors (Lipinski definition) is 9. The fourth-order valence-electron chi connectivity index (χ4n) is 4.31. The molecule has 0 saturated heterocycles. The largest absolute Gasteiger partial charge is 0.495 e. The molecule has 0 aliphatic rings. The van der Waals surface area contributed by atoms with Crippen LogP contribution >= 0.6 is 22.7 Å². The van der Waals surface area contributed by atoms with Gasteiger partial charge in [0.15, 0.2) is 23.1 Å². The van der Waals surface area contributed by atoms with E-state index >= 15 is 4.39 Å². The van der Waals surface area contributed by atoms with E-state index < -0.39 is 11.8 Å². The maximum Gasteiger partial charge on any atom is 0.303 e. The molecular weight excluding hydrogens is 557 g/mol. The van der Waals surface area contributed by atoms with Crippen molar-refractivity contribution in [2.45, 2.75) is 51.9 Å². The van der Waals surface area contributed by atoms with Crippen LogP contribution in [0.5, 0.6) is 17.2 Å². The summed E-state index contributed by atoms with van der Waals surface area (Å²) in [6.07, 6.45) is 2.84. The maximum atomic E-state index is 15.4. The number of ether oxygens (including phenoxy) is 3. The molecule has 1 N–H and O–H groups in total. The number of ketones is 2. The summed E-state index contributed by atoms with van der Waals surface area (Å²) < 4.78 is 33.7. The van der Waals surface area contributed by atoms with Crippen molar-refractivity contribution in [3.8, 4) is 17.2 Å². The van der Waals surface area contributed by atoms with Crippen LogP contribution in [0.1, 0.15) is 59.3 Å². The Balaban J connectivity index is 1.44. The number of hydrogen-bond donors (Lipinski definition) is 1. The van der Waals surface area contributed by atoms with E-state index in [-0.39, 0.29) is 47.9 Å². The monoisotopic (exact) mass is 587 g/mol. The molecule has 0 unspecified atom stereocenters. The van der Waals surface area contributed by atoms with Crippen molar-refractivity contribution in [1.82, 2.24) is 4.98 Å². The molecule has 11 heteroatoms. The zero-order valence-corrected chi connectivity index (χ0v) is 24.1. The van der Waals surface area contributed by atoms with Gasteiger partial charge in [0, 0.05) is 39.9 Å². The number of aliphatic carboxylic acids is 1. The molecule has 0 aliphatic heterocycles. The number of carboxylic acid groups (broad SMARTS) is 1. The minimum absolute atomic E-state index is 0.0410. The normalized spacial score (nSPS) is 11.2. The fraction of sp³-hybridized carbons (Fsp3) is 0.379. The third kappa shape index (κ3) is 6.95. The molecule has 40 heavy (non-hydrogen) atoms. The van der Waals surface area contributed by atoms with Crippen LogP contribution in [0, 0.1) is 5.82 Å². The highest BCUT2D eigenvalue weighted by molar-refractivity contribution is 7.21. The molecule has 0 spiro atoms. The second-order valence-electron chi connectivity index (χ2n) is 9.30. The quantitative estimate of drug-likeness (QED) is 0.122. The molecule has 212 valence electrons. The van der Waals surface area contributed by atoms with Crippen LogP contribution in [0.3, 0.4) is 0 Å². The highest BCUT2D eigenvalue weighted by Gasteiger charge is 2.21.